The van der Waals surface area contributed by atoms with Crippen LogP contribution in [0.3, 0.4) is 0 Å². The van der Waals surface area contributed by atoms with Gasteiger partial charge in [-0.2, -0.15) is 10.4 Å². The second-order valence-corrected chi connectivity index (χ2v) is 12.9. The minimum atomic E-state index is -1.02. The molecule has 1 aromatic carbocycles. The lowest BCUT2D eigenvalue weighted by Crippen LogP contribution is -2.42. The van der Waals surface area contributed by atoms with Crippen LogP contribution in [-0.4, -0.2) is 75.4 Å². The predicted octanol–water partition coefficient (Wildman–Crippen LogP) is 3.14. The molecule has 2 heterocycles. The lowest BCUT2D eigenvalue weighted by Gasteiger charge is -2.26. The molecule has 1 aliphatic rings. The number of anilines is 1. The average Bonchev–Trinajstić information content (AvgIpc) is 3.46. The molecule has 5 atom stereocenters. The number of carbonyl (C=O) groups is 2. The molecule has 1 amide bonds. The van der Waals surface area contributed by atoms with Crippen molar-refractivity contribution in [3.05, 3.63) is 46.9 Å². The lowest BCUT2D eigenvalue weighted by molar-refractivity contribution is -0.136. The zero-order chi connectivity index (χ0) is 31.2. The standard InChI is InChI=1S/C29H40ClFN6O5/c1-28(2,3)11-21-19(12-32)24(18-7-6-8-20(30)25(18)31)26(34-21)27(41)35-22-9-10-37(36-22)16-29(4,5)42-15-17(38)13-33-14-23(39)40/h6-10,17,19,21,24,26,33-34,38H,11,13-16H2,1-5H3,(H,39,40)(H,35,36,41)/t17-,19-,21-,24+,26+/m0/s1. The fraction of sp³-hybridized carbons (Fsp3) is 0.586. The summed E-state index contributed by atoms with van der Waals surface area (Å²) in [6, 6.07) is 7.28. The minimum Gasteiger partial charge on any atom is -0.480 e. The summed E-state index contributed by atoms with van der Waals surface area (Å²) in [5.41, 5.74) is -0.680. The van der Waals surface area contributed by atoms with Gasteiger partial charge in [0.25, 0.3) is 0 Å². The predicted molar refractivity (Wildman–Crippen MR) is 155 cm³/mol. The van der Waals surface area contributed by atoms with E-state index < -0.39 is 47.3 Å². The van der Waals surface area contributed by atoms with Crippen LogP contribution in [0.15, 0.2) is 30.5 Å². The van der Waals surface area contributed by atoms with Crippen LogP contribution in [0.4, 0.5) is 10.2 Å². The molecular formula is C29H40ClFN6O5. The third-order valence-electron chi connectivity index (χ3n) is 6.93. The van der Waals surface area contributed by atoms with Gasteiger partial charge < -0.3 is 30.9 Å². The smallest absolute Gasteiger partial charge is 0.317 e. The van der Waals surface area contributed by atoms with Crippen molar-refractivity contribution in [1.82, 2.24) is 20.4 Å². The summed E-state index contributed by atoms with van der Waals surface area (Å²) in [6.07, 6.45) is 1.37. The van der Waals surface area contributed by atoms with E-state index in [2.05, 4.69) is 27.1 Å². The minimum absolute atomic E-state index is 0.0188. The Morgan fingerprint density at radius 1 is 1.29 bits per heavy atom. The number of benzene rings is 1. The van der Waals surface area contributed by atoms with Crippen LogP contribution < -0.4 is 16.0 Å². The van der Waals surface area contributed by atoms with Gasteiger partial charge in [-0.05, 0) is 37.3 Å². The number of aliphatic carboxylic acids is 1. The van der Waals surface area contributed by atoms with E-state index in [0.29, 0.717) is 13.0 Å². The van der Waals surface area contributed by atoms with Gasteiger partial charge in [0.2, 0.25) is 5.91 Å². The third kappa shape index (κ3) is 9.21. The number of carboxylic acids is 1. The van der Waals surface area contributed by atoms with Crippen LogP contribution in [0, 0.1) is 28.5 Å². The van der Waals surface area contributed by atoms with Crippen LogP contribution in [-0.2, 0) is 20.9 Å². The number of aromatic nitrogens is 2. The van der Waals surface area contributed by atoms with Gasteiger partial charge in [0.1, 0.15) is 5.82 Å². The average molecular weight is 607 g/mol. The van der Waals surface area contributed by atoms with Gasteiger partial charge in [-0.3, -0.25) is 14.3 Å². The molecule has 0 radical (unpaired) electrons. The van der Waals surface area contributed by atoms with Crippen molar-refractivity contribution in [2.24, 2.45) is 11.3 Å². The first kappa shape index (κ1) is 33.4. The molecule has 0 aliphatic carbocycles. The zero-order valence-electron chi connectivity index (χ0n) is 24.5. The molecule has 13 heteroatoms. The van der Waals surface area contributed by atoms with E-state index in [1.165, 1.54) is 6.07 Å². The van der Waals surface area contributed by atoms with E-state index in [0.717, 1.165) is 0 Å². The van der Waals surface area contributed by atoms with Crippen LogP contribution in [0.2, 0.25) is 5.02 Å². The van der Waals surface area contributed by atoms with Crippen molar-refractivity contribution < 1.29 is 28.9 Å². The normalized spacial score (nSPS) is 21.6. The number of aliphatic hydroxyl groups is 1. The summed E-state index contributed by atoms with van der Waals surface area (Å²) < 4.78 is 22.6. The van der Waals surface area contributed by atoms with Crippen molar-refractivity contribution in [1.29, 1.82) is 5.26 Å². The largest absolute Gasteiger partial charge is 0.480 e. The molecule has 1 fully saturated rings. The number of nitriles is 1. The highest BCUT2D eigenvalue weighted by Crippen LogP contribution is 2.42. The molecule has 230 valence electrons. The molecule has 1 saturated heterocycles. The number of carboxylic acid groups (broad SMARTS) is 1. The summed E-state index contributed by atoms with van der Waals surface area (Å²) in [5.74, 6) is -3.28. The first-order valence-electron chi connectivity index (χ1n) is 13.8. The van der Waals surface area contributed by atoms with Gasteiger partial charge in [0, 0.05) is 30.8 Å². The molecule has 0 saturated carbocycles. The van der Waals surface area contributed by atoms with Gasteiger partial charge in [-0.1, -0.05) is 44.5 Å². The van der Waals surface area contributed by atoms with E-state index in [1.54, 1.807) is 29.1 Å². The Morgan fingerprint density at radius 3 is 2.64 bits per heavy atom. The van der Waals surface area contributed by atoms with Crippen molar-refractivity contribution in [3.63, 3.8) is 0 Å². The quantitative estimate of drug-likeness (QED) is 0.231. The molecule has 3 rings (SSSR count). The Hall–Kier alpha value is -3.08. The van der Waals surface area contributed by atoms with E-state index in [9.17, 15) is 20.0 Å². The number of halogens is 2. The molecule has 1 aromatic heterocycles. The van der Waals surface area contributed by atoms with Crippen LogP contribution in [0.1, 0.15) is 52.5 Å². The first-order valence-corrected chi connectivity index (χ1v) is 14.2. The second-order valence-electron chi connectivity index (χ2n) is 12.5. The highest BCUT2D eigenvalue weighted by atomic mass is 35.5. The molecule has 2 aromatic rings. The number of carbonyl (C=O) groups excluding carboxylic acids is 1. The number of hydrogen-bond acceptors (Lipinski definition) is 8. The molecule has 5 N–H and O–H groups in total. The summed E-state index contributed by atoms with van der Waals surface area (Å²) >= 11 is 6.07. The Balaban J connectivity index is 1.71. The Morgan fingerprint density at radius 2 is 2.00 bits per heavy atom. The number of amides is 1. The number of nitrogens with zero attached hydrogens (tertiary/aromatic N) is 3. The molecule has 42 heavy (non-hydrogen) atoms. The topological polar surface area (TPSA) is 162 Å². The third-order valence-corrected chi connectivity index (χ3v) is 7.23. The number of ether oxygens (including phenoxy) is 1. The molecule has 1 aliphatic heterocycles. The van der Waals surface area contributed by atoms with Crippen LogP contribution in [0.5, 0.6) is 0 Å². The highest BCUT2D eigenvalue weighted by molar-refractivity contribution is 6.30. The van der Waals surface area contributed by atoms with E-state index in [1.807, 2.05) is 34.6 Å². The maximum Gasteiger partial charge on any atom is 0.317 e. The van der Waals surface area contributed by atoms with Crippen molar-refractivity contribution in [3.8, 4) is 6.07 Å². The number of rotatable bonds is 13. The van der Waals surface area contributed by atoms with Gasteiger partial charge in [-0.15, -0.1) is 0 Å². The summed E-state index contributed by atoms with van der Waals surface area (Å²) in [6.45, 7) is 9.83. The fourth-order valence-electron chi connectivity index (χ4n) is 5.18. The molecule has 0 spiro atoms. The summed E-state index contributed by atoms with van der Waals surface area (Å²) in [5, 5.41) is 41.9. The Bertz CT molecular complexity index is 1290. The molecule has 11 nitrogen and oxygen atoms in total. The Labute approximate surface area is 250 Å². The number of nitrogens with one attached hydrogen (secondary N) is 3. The van der Waals surface area contributed by atoms with Crippen molar-refractivity contribution in [2.45, 2.75) is 77.3 Å². The van der Waals surface area contributed by atoms with Gasteiger partial charge in [0.05, 0.1) is 54.5 Å². The van der Waals surface area contributed by atoms with E-state index >= 15 is 4.39 Å². The molecule has 0 bridgehead atoms. The van der Waals surface area contributed by atoms with Crippen LogP contribution in [0.25, 0.3) is 0 Å². The maximum absolute atomic E-state index is 15.2. The summed E-state index contributed by atoms with van der Waals surface area (Å²) in [4.78, 5) is 24.2. The number of hydrogen-bond donors (Lipinski definition) is 5. The van der Waals surface area contributed by atoms with Gasteiger partial charge in [-0.25, -0.2) is 4.39 Å². The zero-order valence-corrected chi connectivity index (χ0v) is 25.3. The van der Waals surface area contributed by atoms with Gasteiger partial charge in [0.15, 0.2) is 5.82 Å². The maximum atomic E-state index is 15.2. The summed E-state index contributed by atoms with van der Waals surface area (Å²) in [7, 11) is 0. The molecular weight excluding hydrogens is 567 g/mol. The Kier molecular flexibility index (Phi) is 11.1. The fourth-order valence-corrected chi connectivity index (χ4v) is 5.37. The number of aliphatic hydroxyl groups excluding tert-OH is 1. The lowest BCUT2D eigenvalue weighted by atomic mass is 9.78. The van der Waals surface area contributed by atoms with Crippen molar-refractivity contribution in [2.75, 3.05) is 25.0 Å². The van der Waals surface area contributed by atoms with Crippen molar-refractivity contribution >= 4 is 29.3 Å². The van der Waals surface area contributed by atoms with Crippen LogP contribution >= 0.6 is 11.6 Å². The first-order chi connectivity index (χ1) is 19.6. The van der Waals surface area contributed by atoms with E-state index in [-0.39, 0.29) is 47.6 Å². The monoisotopic (exact) mass is 606 g/mol. The second kappa shape index (κ2) is 13.9. The SMILES string of the molecule is CC(C)(C)C[C@@H]1N[C@@H](C(=O)Nc2ccn(CC(C)(C)OC[C@@H](O)CNCC(=O)O)n2)[C@H](c2cccc(Cl)c2F)[C@H]1C#N. The van der Waals surface area contributed by atoms with E-state index in [4.69, 9.17) is 21.4 Å². The highest BCUT2D eigenvalue weighted by Gasteiger charge is 2.49. The molecule has 0 unspecified atom stereocenters. The van der Waals surface area contributed by atoms with Gasteiger partial charge >= 0.3 is 5.97 Å².